The van der Waals surface area contributed by atoms with Gasteiger partial charge in [0, 0.05) is 50.1 Å². The van der Waals surface area contributed by atoms with Crippen molar-refractivity contribution in [2.45, 2.75) is 0 Å². The average Bonchev–Trinajstić information content (AvgIpc) is 2.68. The quantitative estimate of drug-likeness (QED) is 0.780. The highest BCUT2D eigenvalue weighted by molar-refractivity contribution is 5.92. The van der Waals surface area contributed by atoms with Crippen molar-refractivity contribution in [2.75, 3.05) is 57.2 Å². The fourth-order valence-electron chi connectivity index (χ4n) is 2.99. The lowest BCUT2D eigenvalue weighted by atomic mass is 10.2. The summed E-state index contributed by atoms with van der Waals surface area (Å²) in [6.45, 7) is 3.07. The number of halogens is 1. The van der Waals surface area contributed by atoms with Gasteiger partial charge in [0.1, 0.15) is 17.3 Å². The van der Waals surface area contributed by atoms with Crippen LogP contribution in [-0.4, -0.2) is 62.7 Å². The summed E-state index contributed by atoms with van der Waals surface area (Å²) < 4.78 is 23.7. The fourth-order valence-corrected chi connectivity index (χ4v) is 2.99. The van der Waals surface area contributed by atoms with E-state index in [0.29, 0.717) is 49.2 Å². The summed E-state index contributed by atoms with van der Waals surface area (Å²) in [6.07, 6.45) is 0. The molecule has 1 amide bonds. The summed E-state index contributed by atoms with van der Waals surface area (Å²) in [5.41, 5.74) is 0.624. The number of nitrogens with one attached hydrogen (secondary N) is 1. The number of hydrogen-bond acceptors (Lipinski definition) is 6. The topological polar surface area (TPSA) is 66.9 Å². The zero-order valence-electron chi connectivity index (χ0n) is 15.4. The Bertz CT molecular complexity index is 772. The molecule has 27 heavy (non-hydrogen) atoms. The zero-order valence-corrected chi connectivity index (χ0v) is 15.4. The van der Waals surface area contributed by atoms with Crippen LogP contribution in [0.1, 0.15) is 0 Å². The molecule has 0 spiro atoms. The molecule has 1 aromatic carbocycles. The van der Waals surface area contributed by atoms with Gasteiger partial charge in [-0.3, -0.25) is 9.69 Å². The maximum absolute atomic E-state index is 13.3. The van der Waals surface area contributed by atoms with Crippen LogP contribution in [0.25, 0.3) is 0 Å². The minimum atomic E-state index is -0.483. The van der Waals surface area contributed by atoms with Crippen LogP contribution < -0.4 is 19.7 Å². The molecule has 0 saturated carbocycles. The first-order valence-electron chi connectivity index (χ1n) is 8.70. The summed E-state index contributed by atoms with van der Waals surface area (Å²) in [6, 6.07) is 10.0. The largest absolute Gasteiger partial charge is 0.497 e. The monoisotopic (exact) mass is 374 g/mol. The van der Waals surface area contributed by atoms with Crippen molar-refractivity contribution < 1.29 is 18.7 Å². The maximum atomic E-state index is 13.3. The van der Waals surface area contributed by atoms with Crippen molar-refractivity contribution in [3.05, 3.63) is 42.3 Å². The number of hydrogen-bond donors (Lipinski definition) is 1. The lowest BCUT2D eigenvalue weighted by Crippen LogP contribution is -2.49. The van der Waals surface area contributed by atoms with E-state index in [4.69, 9.17) is 9.47 Å². The van der Waals surface area contributed by atoms with E-state index in [-0.39, 0.29) is 12.5 Å². The molecule has 1 N–H and O–H groups in total. The smallest absolute Gasteiger partial charge is 0.238 e. The van der Waals surface area contributed by atoms with Gasteiger partial charge in [0.15, 0.2) is 0 Å². The Morgan fingerprint density at radius 3 is 2.37 bits per heavy atom. The minimum absolute atomic E-state index is 0.109. The summed E-state index contributed by atoms with van der Waals surface area (Å²) >= 11 is 0. The molecule has 1 fully saturated rings. The van der Waals surface area contributed by atoms with Gasteiger partial charge >= 0.3 is 0 Å². The Labute approximate surface area is 157 Å². The van der Waals surface area contributed by atoms with Gasteiger partial charge in [-0.2, -0.15) is 4.39 Å². The number of pyridine rings is 1. The summed E-state index contributed by atoms with van der Waals surface area (Å²) in [5.74, 6) is 1.26. The number of ether oxygens (including phenoxy) is 2. The van der Waals surface area contributed by atoms with Crippen LogP contribution in [0, 0.1) is 5.95 Å². The van der Waals surface area contributed by atoms with E-state index in [1.807, 2.05) is 4.90 Å². The second-order valence-corrected chi connectivity index (χ2v) is 6.23. The van der Waals surface area contributed by atoms with Gasteiger partial charge in [0.05, 0.1) is 20.8 Å². The zero-order chi connectivity index (χ0) is 19.2. The molecular weight excluding hydrogens is 351 g/mol. The predicted molar refractivity (Wildman–Crippen MR) is 101 cm³/mol. The van der Waals surface area contributed by atoms with Gasteiger partial charge in [-0.1, -0.05) is 6.07 Å². The standard InChI is InChI=1S/C19H23FN4O3/c1-26-15-10-14(11-16(12-15)27-2)21-19(25)13-23-6-8-24(9-7-23)18-5-3-4-17(20)22-18/h3-5,10-12H,6-9,13H2,1-2H3,(H,21,25). The second-order valence-electron chi connectivity index (χ2n) is 6.23. The molecule has 1 aliphatic heterocycles. The highest BCUT2D eigenvalue weighted by atomic mass is 19.1. The molecule has 0 radical (unpaired) electrons. The highest BCUT2D eigenvalue weighted by Crippen LogP contribution is 2.25. The van der Waals surface area contributed by atoms with Gasteiger partial charge in [-0.05, 0) is 12.1 Å². The van der Waals surface area contributed by atoms with E-state index in [0.717, 1.165) is 0 Å². The van der Waals surface area contributed by atoms with Crippen LogP contribution in [0.4, 0.5) is 15.9 Å². The molecule has 0 bridgehead atoms. The van der Waals surface area contributed by atoms with E-state index < -0.39 is 5.95 Å². The number of benzene rings is 1. The van der Waals surface area contributed by atoms with Crippen molar-refractivity contribution in [1.29, 1.82) is 0 Å². The van der Waals surface area contributed by atoms with E-state index in [1.54, 1.807) is 44.6 Å². The third-order valence-corrected chi connectivity index (χ3v) is 4.40. The molecule has 0 atom stereocenters. The lowest BCUT2D eigenvalue weighted by Gasteiger charge is -2.34. The number of methoxy groups -OCH3 is 2. The molecule has 2 heterocycles. The number of amides is 1. The van der Waals surface area contributed by atoms with Crippen molar-refractivity contribution in [3.63, 3.8) is 0 Å². The lowest BCUT2D eigenvalue weighted by molar-refractivity contribution is -0.117. The Morgan fingerprint density at radius 2 is 1.78 bits per heavy atom. The summed E-state index contributed by atoms with van der Waals surface area (Å²) in [5, 5.41) is 2.87. The average molecular weight is 374 g/mol. The van der Waals surface area contributed by atoms with Gasteiger partial charge in [0.25, 0.3) is 0 Å². The van der Waals surface area contributed by atoms with Crippen LogP contribution in [0.2, 0.25) is 0 Å². The number of rotatable bonds is 6. The molecule has 8 heteroatoms. The van der Waals surface area contributed by atoms with Crippen molar-refractivity contribution >= 4 is 17.4 Å². The van der Waals surface area contributed by atoms with Gasteiger partial charge < -0.3 is 19.7 Å². The van der Waals surface area contributed by atoms with Gasteiger partial charge in [-0.25, -0.2) is 4.98 Å². The number of piperazine rings is 1. The molecule has 1 aromatic heterocycles. The minimum Gasteiger partial charge on any atom is -0.497 e. The fraction of sp³-hybridized carbons (Fsp3) is 0.368. The van der Waals surface area contributed by atoms with Gasteiger partial charge in [-0.15, -0.1) is 0 Å². The third kappa shape index (κ3) is 5.07. The van der Waals surface area contributed by atoms with Crippen molar-refractivity contribution in [2.24, 2.45) is 0 Å². The molecule has 7 nitrogen and oxygen atoms in total. The van der Waals surface area contributed by atoms with E-state index >= 15 is 0 Å². The first kappa shape index (κ1) is 18.9. The molecule has 144 valence electrons. The third-order valence-electron chi connectivity index (χ3n) is 4.40. The van der Waals surface area contributed by atoms with E-state index in [9.17, 15) is 9.18 Å². The highest BCUT2D eigenvalue weighted by Gasteiger charge is 2.20. The number of anilines is 2. The van der Waals surface area contributed by atoms with Crippen LogP contribution in [0.15, 0.2) is 36.4 Å². The first-order valence-corrected chi connectivity index (χ1v) is 8.70. The molecule has 2 aromatic rings. The maximum Gasteiger partial charge on any atom is 0.238 e. The van der Waals surface area contributed by atoms with Crippen molar-refractivity contribution in [3.8, 4) is 11.5 Å². The molecule has 0 unspecified atom stereocenters. The Hall–Kier alpha value is -2.87. The summed E-state index contributed by atoms with van der Waals surface area (Å²) in [4.78, 5) is 20.4. The number of carbonyl (C=O) groups is 1. The number of carbonyl (C=O) groups excluding carboxylic acids is 1. The van der Waals surface area contributed by atoms with Crippen molar-refractivity contribution in [1.82, 2.24) is 9.88 Å². The predicted octanol–water partition coefficient (Wildman–Crippen LogP) is 2.00. The number of nitrogens with zero attached hydrogens (tertiary/aromatic N) is 3. The molecule has 3 rings (SSSR count). The van der Waals surface area contributed by atoms with E-state index in [2.05, 4.69) is 15.2 Å². The molecule has 1 aliphatic rings. The Kier molecular flexibility index (Phi) is 6.08. The van der Waals surface area contributed by atoms with Crippen LogP contribution in [-0.2, 0) is 4.79 Å². The number of aromatic nitrogens is 1. The molecule has 0 aliphatic carbocycles. The second kappa shape index (κ2) is 8.68. The molecular formula is C19H23FN4O3. The normalized spacial score (nSPS) is 14.7. The van der Waals surface area contributed by atoms with Crippen LogP contribution >= 0.6 is 0 Å². The Balaban J connectivity index is 1.52. The molecule has 1 saturated heterocycles. The summed E-state index contributed by atoms with van der Waals surface area (Å²) in [7, 11) is 3.13. The first-order chi connectivity index (χ1) is 13.1. The van der Waals surface area contributed by atoms with Gasteiger partial charge in [0.2, 0.25) is 11.9 Å². The Morgan fingerprint density at radius 1 is 1.11 bits per heavy atom. The van der Waals surface area contributed by atoms with E-state index in [1.165, 1.54) is 6.07 Å². The van der Waals surface area contributed by atoms with Crippen LogP contribution in [0.3, 0.4) is 0 Å². The SMILES string of the molecule is COc1cc(NC(=O)CN2CCN(c3cccc(F)n3)CC2)cc(OC)c1. The van der Waals surface area contributed by atoms with Crippen LogP contribution in [0.5, 0.6) is 11.5 Å².